The Labute approximate surface area is 64.7 Å². The van der Waals surface area contributed by atoms with Crippen LogP contribution in [0.3, 0.4) is 0 Å². The first kappa shape index (κ1) is 7.88. The van der Waals surface area contributed by atoms with Crippen LogP contribution in [0.4, 0.5) is 0 Å². The lowest BCUT2D eigenvalue weighted by atomic mass is 10.1. The molecule has 1 atom stereocenters. The van der Waals surface area contributed by atoms with Crippen molar-refractivity contribution in [3.8, 4) is 0 Å². The van der Waals surface area contributed by atoms with Gasteiger partial charge in [0.25, 0.3) is 0 Å². The number of carbonyl (C=O) groups is 1. The molecule has 11 heavy (non-hydrogen) atoms. The molecule has 1 rings (SSSR count). The van der Waals surface area contributed by atoms with Crippen LogP contribution in [0.1, 0.15) is 18.6 Å². The molecule has 1 heterocycles. The summed E-state index contributed by atoms with van der Waals surface area (Å²) >= 11 is 0. The Bertz CT molecular complexity index is 246. The topological polar surface area (TPSA) is 50.2 Å². The summed E-state index contributed by atoms with van der Waals surface area (Å²) < 4.78 is 0. The van der Waals surface area contributed by atoms with Gasteiger partial charge in [0.2, 0.25) is 0 Å². The molecule has 0 aromatic carbocycles. The van der Waals surface area contributed by atoms with Crippen LogP contribution in [0.25, 0.3) is 0 Å². The minimum atomic E-state index is -1.02. The molecule has 58 valence electrons. The molecule has 0 aliphatic carbocycles. The predicted octanol–water partition coefficient (Wildman–Crippen LogP) is 0.704. The van der Waals surface area contributed by atoms with Crippen molar-refractivity contribution in [1.29, 1.82) is 0 Å². The van der Waals surface area contributed by atoms with Gasteiger partial charge >= 0.3 is 0 Å². The number of hydrogen-bond acceptors (Lipinski definition) is 3. The van der Waals surface area contributed by atoms with Crippen molar-refractivity contribution < 1.29 is 9.90 Å². The van der Waals surface area contributed by atoms with E-state index in [4.69, 9.17) is 0 Å². The largest absolute Gasteiger partial charge is 0.381 e. The van der Waals surface area contributed by atoms with E-state index >= 15 is 0 Å². The Morgan fingerprint density at radius 3 is 2.91 bits per heavy atom. The van der Waals surface area contributed by atoms with E-state index in [1.165, 1.54) is 13.1 Å². The van der Waals surface area contributed by atoms with Gasteiger partial charge < -0.3 is 5.11 Å². The average molecular weight is 151 g/mol. The highest BCUT2D eigenvalue weighted by Crippen LogP contribution is 2.10. The normalized spacial score (nSPS) is 12.5. The summed E-state index contributed by atoms with van der Waals surface area (Å²) in [5.41, 5.74) is 0.542. The summed E-state index contributed by atoms with van der Waals surface area (Å²) in [6.45, 7) is 1.34. The van der Waals surface area contributed by atoms with Gasteiger partial charge in [0.05, 0.1) is 0 Å². The fourth-order valence-corrected chi connectivity index (χ4v) is 0.772. The van der Waals surface area contributed by atoms with Crippen molar-refractivity contribution in [2.75, 3.05) is 0 Å². The summed E-state index contributed by atoms with van der Waals surface area (Å²) in [4.78, 5) is 14.4. The zero-order valence-corrected chi connectivity index (χ0v) is 6.19. The monoisotopic (exact) mass is 151 g/mol. The summed E-state index contributed by atoms with van der Waals surface area (Å²) in [7, 11) is 0. The molecule has 0 fully saturated rings. The van der Waals surface area contributed by atoms with Gasteiger partial charge in [-0.3, -0.25) is 9.78 Å². The van der Waals surface area contributed by atoms with Crippen LogP contribution in [-0.2, 0) is 4.79 Å². The van der Waals surface area contributed by atoms with Crippen LogP contribution in [0.2, 0.25) is 0 Å². The molecule has 1 aromatic heterocycles. The van der Waals surface area contributed by atoms with Gasteiger partial charge in [0, 0.05) is 18.0 Å². The standard InChI is InChI=1S/C8H9NO2/c1-6(10)8(11)7-3-2-4-9-5-7/h2-5,8,11H,1H3/t8-/m0/s1. The molecule has 0 aliphatic rings. The van der Waals surface area contributed by atoms with Crippen LogP contribution < -0.4 is 0 Å². The molecule has 0 amide bonds. The first-order valence-corrected chi connectivity index (χ1v) is 3.30. The zero-order chi connectivity index (χ0) is 8.27. The van der Waals surface area contributed by atoms with Gasteiger partial charge in [-0.25, -0.2) is 0 Å². The fourth-order valence-electron chi connectivity index (χ4n) is 0.772. The van der Waals surface area contributed by atoms with Crippen molar-refractivity contribution in [2.45, 2.75) is 13.0 Å². The molecule has 0 spiro atoms. The van der Waals surface area contributed by atoms with Crippen LogP contribution in [-0.4, -0.2) is 15.9 Å². The molecule has 0 radical (unpaired) electrons. The molecular weight excluding hydrogens is 142 g/mol. The molecular formula is C8H9NO2. The lowest BCUT2D eigenvalue weighted by Crippen LogP contribution is -2.07. The maximum atomic E-state index is 10.7. The first-order chi connectivity index (χ1) is 5.22. The highest BCUT2D eigenvalue weighted by Gasteiger charge is 2.11. The lowest BCUT2D eigenvalue weighted by molar-refractivity contribution is -0.125. The summed E-state index contributed by atoms with van der Waals surface area (Å²) in [6.07, 6.45) is 2.05. The van der Waals surface area contributed by atoms with E-state index in [9.17, 15) is 9.90 Å². The van der Waals surface area contributed by atoms with E-state index in [0.29, 0.717) is 5.56 Å². The van der Waals surface area contributed by atoms with Crippen LogP contribution in [0.15, 0.2) is 24.5 Å². The highest BCUT2D eigenvalue weighted by molar-refractivity contribution is 5.81. The van der Waals surface area contributed by atoms with E-state index in [0.717, 1.165) is 0 Å². The quantitative estimate of drug-likeness (QED) is 0.677. The second kappa shape index (κ2) is 3.25. The number of aromatic nitrogens is 1. The summed E-state index contributed by atoms with van der Waals surface area (Å²) in [6, 6.07) is 3.35. The molecule has 0 bridgehead atoms. The number of Topliss-reactive ketones (excluding diaryl/α,β-unsaturated/α-hetero) is 1. The molecule has 0 saturated heterocycles. The van der Waals surface area contributed by atoms with Crippen LogP contribution >= 0.6 is 0 Å². The average Bonchev–Trinajstić information content (AvgIpc) is 2.05. The Hall–Kier alpha value is -1.22. The van der Waals surface area contributed by atoms with Gasteiger partial charge in [-0.05, 0) is 13.0 Å². The van der Waals surface area contributed by atoms with E-state index in [2.05, 4.69) is 4.98 Å². The van der Waals surface area contributed by atoms with Crippen LogP contribution in [0.5, 0.6) is 0 Å². The van der Waals surface area contributed by atoms with Gasteiger partial charge in [-0.2, -0.15) is 0 Å². The molecule has 0 aliphatic heterocycles. The number of rotatable bonds is 2. The van der Waals surface area contributed by atoms with Crippen molar-refractivity contribution in [3.05, 3.63) is 30.1 Å². The Kier molecular flexibility index (Phi) is 2.33. The van der Waals surface area contributed by atoms with Gasteiger partial charge in [0.1, 0.15) is 6.10 Å². The van der Waals surface area contributed by atoms with Gasteiger partial charge in [-0.1, -0.05) is 6.07 Å². The number of ketones is 1. The SMILES string of the molecule is CC(=O)[C@H](O)c1cccnc1. The van der Waals surface area contributed by atoms with E-state index in [-0.39, 0.29) is 5.78 Å². The molecule has 0 unspecified atom stereocenters. The second-order valence-electron chi connectivity index (χ2n) is 2.30. The number of aliphatic hydroxyl groups excluding tert-OH is 1. The van der Waals surface area contributed by atoms with E-state index in [1.54, 1.807) is 18.3 Å². The number of aliphatic hydroxyl groups is 1. The van der Waals surface area contributed by atoms with Gasteiger partial charge in [0.15, 0.2) is 5.78 Å². The Balaban J connectivity index is 2.85. The minimum Gasteiger partial charge on any atom is -0.381 e. The Morgan fingerprint density at radius 1 is 1.73 bits per heavy atom. The number of hydrogen-bond donors (Lipinski definition) is 1. The molecule has 1 N–H and O–H groups in total. The second-order valence-corrected chi connectivity index (χ2v) is 2.30. The van der Waals surface area contributed by atoms with Crippen molar-refractivity contribution in [1.82, 2.24) is 4.98 Å². The predicted molar refractivity (Wildman–Crippen MR) is 39.9 cm³/mol. The minimum absolute atomic E-state index is 0.266. The van der Waals surface area contributed by atoms with Crippen molar-refractivity contribution in [2.24, 2.45) is 0 Å². The number of nitrogens with zero attached hydrogens (tertiary/aromatic N) is 1. The fraction of sp³-hybridized carbons (Fsp3) is 0.250. The maximum Gasteiger partial charge on any atom is 0.162 e. The van der Waals surface area contributed by atoms with Crippen molar-refractivity contribution in [3.63, 3.8) is 0 Å². The number of carbonyl (C=O) groups excluding carboxylic acids is 1. The van der Waals surface area contributed by atoms with E-state index in [1.807, 2.05) is 0 Å². The highest BCUT2D eigenvalue weighted by atomic mass is 16.3. The molecule has 3 nitrogen and oxygen atoms in total. The number of pyridine rings is 1. The molecule has 1 aromatic rings. The lowest BCUT2D eigenvalue weighted by Gasteiger charge is -2.04. The smallest absolute Gasteiger partial charge is 0.162 e. The van der Waals surface area contributed by atoms with Crippen LogP contribution in [0, 0.1) is 0 Å². The van der Waals surface area contributed by atoms with Gasteiger partial charge in [-0.15, -0.1) is 0 Å². The summed E-state index contributed by atoms with van der Waals surface area (Å²) in [5.74, 6) is -0.266. The molecule has 0 saturated carbocycles. The van der Waals surface area contributed by atoms with E-state index < -0.39 is 6.10 Å². The third kappa shape index (κ3) is 1.85. The maximum absolute atomic E-state index is 10.7. The third-order valence-electron chi connectivity index (χ3n) is 1.39. The molecule has 3 heteroatoms. The summed E-state index contributed by atoms with van der Waals surface area (Å²) in [5, 5.41) is 9.21. The Morgan fingerprint density at radius 2 is 2.45 bits per heavy atom. The zero-order valence-electron chi connectivity index (χ0n) is 6.19. The van der Waals surface area contributed by atoms with Crippen molar-refractivity contribution >= 4 is 5.78 Å². The third-order valence-corrected chi connectivity index (χ3v) is 1.39. The first-order valence-electron chi connectivity index (χ1n) is 3.30.